The number of hydrogen-bond acceptors (Lipinski definition) is 5. The molecule has 4 fully saturated rings. The van der Waals surface area contributed by atoms with E-state index in [4.69, 9.17) is 4.74 Å². The summed E-state index contributed by atoms with van der Waals surface area (Å²) in [4.78, 5) is 11.6. The number of cyclic esters (lactones) is 1. The molecule has 0 saturated heterocycles. The maximum Gasteiger partial charge on any atom is 0.331 e. The minimum Gasteiger partial charge on any atom is -0.458 e. The molecule has 5 rings (SSSR count). The fourth-order valence-corrected chi connectivity index (χ4v) is 8.49. The third-order valence-electron chi connectivity index (χ3n) is 9.89. The molecule has 0 radical (unpaired) electrons. The highest BCUT2D eigenvalue weighted by Gasteiger charge is 2.69. The zero-order chi connectivity index (χ0) is 19.9. The van der Waals surface area contributed by atoms with E-state index in [1.165, 1.54) is 0 Å². The fraction of sp³-hybridized carbons (Fsp3) is 0.870. The van der Waals surface area contributed by atoms with Crippen LogP contribution in [0.2, 0.25) is 0 Å². The van der Waals surface area contributed by atoms with Crippen LogP contribution in [0.25, 0.3) is 0 Å². The zero-order valence-electron chi connectivity index (χ0n) is 17.1. The van der Waals surface area contributed by atoms with E-state index in [2.05, 4.69) is 13.8 Å². The van der Waals surface area contributed by atoms with Gasteiger partial charge in [-0.25, -0.2) is 4.79 Å². The van der Waals surface area contributed by atoms with Crippen molar-refractivity contribution in [3.8, 4) is 0 Å². The molecule has 0 unspecified atom stereocenters. The molecule has 3 N–H and O–H groups in total. The lowest BCUT2D eigenvalue weighted by atomic mass is 9.42. The number of ether oxygens (including phenoxy) is 1. The van der Waals surface area contributed by atoms with Crippen molar-refractivity contribution in [1.82, 2.24) is 0 Å². The van der Waals surface area contributed by atoms with Gasteiger partial charge >= 0.3 is 5.97 Å². The summed E-state index contributed by atoms with van der Waals surface area (Å²) in [6.07, 6.45) is 7.61. The summed E-state index contributed by atoms with van der Waals surface area (Å²) in [5.74, 6) is 0.420. The lowest BCUT2D eigenvalue weighted by Crippen LogP contribution is -2.66. The lowest BCUT2D eigenvalue weighted by Gasteiger charge is -2.65. The average Bonchev–Trinajstić information content (AvgIpc) is 3.16. The van der Waals surface area contributed by atoms with E-state index >= 15 is 0 Å². The number of aliphatic hydroxyl groups excluding tert-OH is 2. The highest BCUT2D eigenvalue weighted by atomic mass is 16.5. The lowest BCUT2D eigenvalue weighted by molar-refractivity contribution is -0.242. The van der Waals surface area contributed by atoms with Crippen LogP contribution >= 0.6 is 0 Å². The van der Waals surface area contributed by atoms with Crippen molar-refractivity contribution in [3.63, 3.8) is 0 Å². The van der Waals surface area contributed by atoms with Crippen molar-refractivity contribution in [2.24, 2.45) is 34.5 Å². The predicted molar refractivity (Wildman–Crippen MR) is 103 cm³/mol. The van der Waals surface area contributed by atoms with Crippen LogP contribution < -0.4 is 0 Å². The molecule has 0 amide bonds. The average molecular weight is 391 g/mol. The Morgan fingerprint density at radius 3 is 2.61 bits per heavy atom. The molecule has 1 aliphatic heterocycles. The van der Waals surface area contributed by atoms with Gasteiger partial charge in [-0.1, -0.05) is 13.8 Å². The van der Waals surface area contributed by atoms with E-state index in [9.17, 15) is 20.1 Å². The standard InChI is InChI=1S/C23H34O5/c1-21-7-5-15(24)10-14(21)3-4-17-20(21)18(25)11-22(2)16(6-8-23(17,22)27)13-9-19(26)28-12-13/h9,14-18,20,24-25,27H,3-8,10-12H2,1-2H3/t14-,15+,16+,17-,18-,20+,21-,22+,23-/m0/s1. The first kappa shape index (κ1) is 19.1. The van der Waals surface area contributed by atoms with Gasteiger partial charge in [0.15, 0.2) is 0 Å². The van der Waals surface area contributed by atoms with Crippen LogP contribution in [0.15, 0.2) is 11.6 Å². The monoisotopic (exact) mass is 390 g/mol. The predicted octanol–water partition coefficient (Wildman–Crippen LogP) is 2.58. The molecule has 4 aliphatic carbocycles. The van der Waals surface area contributed by atoms with Gasteiger partial charge in [0.25, 0.3) is 0 Å². The topological polar surface area (TPSA) is 87.0 Å². The van der Waals surface area contributed by atoms with Gasteiger partial charge in [0.1, 0.15) is 6.61 Å². The van der Waals surface area contributed by atoms with Crippen molar-refractivity contribution >= 4 is 5.97 Å². The van der Waals surface area contributed by atoms with Gasteiger partial charge in [0.05, 0.1) is 17.8 Å². The summed E-state index contributed by atoms with van der Waals surface area (Å²) in [5, 5.41) is 33.7. The van der Waals surface area contributed by atoms with Crippen LogP contribution in [-0.2, 0) is 9.53 Å². The Hall–Kier alpha value is -0.910. The molecule has 5 nitrogen and oxygen atoms in total. The number of hydrogen-bond donors (Lipinski definition) is 3. The molecule has 5 aliphatic rings. The number of aliphatic hydroxyl groups is 3. The van der Waals surface area contributed by atoms with Gasteiger partial charge in [0.2, 0.25) is 0 Å². The second-order valence-electron chi connectivity index (χ2n) is 10.9. The fourth-order valence-electron chi connectivity index (χ4n) is 8.49. The Kier molecular flexibility index (Phi) is 4.12. The maximum atomic E-state index is 12.1. The minimum atomic E-state index is -0.807. The maximum absolute atomic E-state index is 12.1. The van der Waals surface area contributed by atoms with Crippen LogP contribution in [0, 0.1) is 34.5 Å². The molecule has 4 saturated carbocycles. The summed E-state index contributed by atoms with van der Waals surface area (Å²) in [6, 6.07) is 0. The van der Waals surface area contributed by atoms with Crippen molar-refractivity contribution in [3.05, 3.63) is 11.6 Å². The van der Waals surface area contributed by atoms with Gasteiger partial charge in [-0.3, -0.25) is 0 Å². The molecule has 0 aromatic heterocycles. The highest BCUT2D eigenvalue weighted by molar-refractivity contribution is 5.85. The zero-order valence-corrected chi connectivity index (χ0v) is 17.1. The third kappa shape index (κ3) is 2.33. The van der Waals surface area contributed by atoms with E-state index in [1.807, 2.05) is 0 Å². The number of carbonyl (C=O) groups excluding carboxylic acids is 1. The van der Waals surface area contributed by atoms with Crippen molar-refractivity contribution in [2.45, 2.75) is 83.0 Å². The number of esters is 1. The number of rotatable bonds is 1. The van der Waals surface area contributed by atoms with Crippen molar-refractivity contribution in [2.75, 3.05) is 6.61 Å². The summed E-state index contributed by atoms with van der Waals surface area (Å²) in [7, 11) is 0. The number of fused-ring (bicyclic) bond motifs is 5. The summed E-state index contributed by atoms with van der Waals surface area (Å²) >= 11 is 0. The van der Waals surface area contributed by atoms with Crippen LogP contribution in [0.1, 0.15) is 65.2 Å². The van der Waals surface area contributed by atoms with E-state index < -0.39 is 17.1 Å². The third-order valence-corrected chi connectivity index (χ3v) is 9.89. The van der Waals surface area contributed by atoms with E-state index in [0.717, 1.165) is 50.5 Å². The first-order chi connectivity index (χ1) is 13.2. The first-order valence-electron chi connectivity index (χ1n) is 11.1. The Bertz CT molecular complexity index is 718. The SMILES string of the molecule is C[C@]12CC[C@@H](O)C[C@@H]1CC[C@H]1[C@@H]2[C@@H](O)C[C@]2(C)[C@@H](C3=CC(=O)OC3)CC[C@]12O. The van der Waals surface area contributed by atoms with Crippen molar-refractivity contribution in [1.29, 1.82) is 0 Å². The van der Waals surface area contributed by atoms with Crippen LogP contribution in [0.4, 0.5) is 0 Å². The molecule has 0 spiro atoms. The molecular weight excluding hydrogens is 356 g/mol. The summed E-state index contributed by atoms with van der Waals surface area (Å²) in [6.45, 7) is 4.76. The first-order valence-corrected chi connectivity index (χ1v) is 11.1. The number of carbonyl (C=O) groups is 1. The minimum absolute atomic E-state index is 0.0115. The molecule has 1 heterocycles. The van der Waals surface area contributed by atoms with Gasteiger partial charge < -0.3 is 20.1 Å². The van der Waals surface area contributed by atoms with Gasteiger partial charge in [-0.05, 0) is 86.0 Å². The summed E-state index contributed by atoms with van der Waals surface area (Å²) < 4.78 is 5.17. The van der Waals surface area contributed by atoms with Crippen LogP contribution in [0.3, 0.4) is 0 Å². The normalized spacial score (nSPS) is 55.8. The highest BCUT2D eigenvalue weighted by Crippen LogP contribution is 2.69. The van der Waals surface area contributed by atoms with Crippen LogP contribution in [0.5, 0.6) is 0 Å². The second-order valence-corrected chi connectivity index (χ2v) is 10.9. The molecule has 156 valence electrons. The molecule has 9 atom stereocenters. The largest absolute Gasteiger partial charge is 0.458 e. The molecule has 0 aromatic rings. The molecule has 0 aromatic carbocycles. The van der Waals surface area contributed by atoms with Gasteiger partial charge in [-0.2, -0.15) is 0 Å². The molecular formula is C23H34O5. The van der Waals surface area contributed by atoms with Crippen LogP contribution in [-0.4, -0.2) is 45.7 Å². The Balaban J connectivity index is 1.51. The molecule has 0 bridgehead atoms. The Labute approximate surface area is 167 Å². The summed E-state index contributed by atoms with van der Waals surface area (Å²) in [5.41, 5.74) is -0.250. The van der Waals surface area contributed by atoms with E-state index in [-0.39, 0.29) is 35.2 Å². The molecule has 5 heteroatoms. The van der Waals surface area contributed by atoms with Crippen molar-refractivity contribution < 1.29 is 24.9 Å². The smallest absolute Gasteiger partial charge is 0.331 e. The van der Waals surface area contributed by atoms with E-state index in [1.54, 1.807) is 6.08 Å². The quantitative estimate of drug-likeness (QED) is 0.599. The Morgan fingerprint density at radius 2 is 1.89 bits per heavy atom. The van der Waals surface area contributed by atoms with Gasteiger partial charge in [-0.15, -0.1) is 0 Å². The molecule has 28 heavy (non-hydrogen) atoms. The van der Waals surface area contributed by atoms with Gasteiger partial charge in [0, 0.05) is 11.5 Å². The second kappa shape index (κ2) is 6.05. The van der Waals surface area contributed by atoms with E-state index in [0.29, 0.717) is 18.9 Å². The Morgan fingerprint density at radius 1 is 1.11 bits per heavy atom.